The summed E-state index contributed by atoms with van der Waals surface area (Å²) in [7, 11) is 0. The Morgan fingerprint density at radius 1 is 1.50 bits per heavy atom. The Kier molecular flexibility index (Phi) is 3.46. The number of carbonyl (C=O) groups is 2. The van der Waals surface area contributed by atoms with E-state index in [2.05, 4.69) is 0 Å². The second kappa shape index (κ2) is 4.62. The molecule has 0 amide bonds. The Morgan fingerprint density at radius 2 is 2.12 bits per heavy atom. The molecule has 0 unspecified atom stereocenters. The number of halogens is 2. The average molecular weight is 223 g/mol. The van der Waals surface area contributed by atoms with Crippen molar-refractivity contribution in [1.82, 2.24) is 0 Å². The fourth-order valence-corrected chi connectivity index (χ4v) is 1.28. The third kappa shape index (κ3) is 2.11. The maximum Gasteiger partial charge on any atom is 0.264 e. The maximum absolute atomic E-state index is 12.6. The highest BCUT2D eigenvalue weighted by atomic mass is 19.3. The summed E-state index contributed by atoms with van der Waals surface area (Å²) in [6.07, 6.45) is -2.70. The van der Waals surface area contributed by atoms with E-state index in [1.54, 1.807) is 6.07 Å². The van der Waals surface area contributed by atoms with Crippen molar-refractivity contribution in [3.8, 4) is 6.07 Å². The Hall–Kier alpha value is -2.09. The van der Waals surface area contributed by atoms with Gasteiger partial charge in [-0.2, -0.15) is 5.26 Å². The minimum absolute atomic E-state index is 0.00236. The summed E-state index contributed by atoms with van der Waals surface area (Å²) in [6.45, 7) is 1.20. The van der Waals surface area contributed by atoms with Crippen LogP contribution >= 0.6 is 0 Å². The third-order valence-electron chi connectivity index (χ3n) is 2.09. The van der Waals surface area contributed by atoms with Gasteiger partial charge in [0, 0.05) is 16.7 Å². The molecule has 0 N–H and O–H groups in total. The molecule has 0 heterocycles. The summed E-state index contributed by atoms with van der Waals surface area (Å²) >= 11 is 0. The molecule has 0 saturated heterocycles. The van der Waals surface area contributed by atoms with E-state index in [-0.39, 0.29) is 23.0 Å². The Balaban J connectivity index is 3.57. The SMILES string of the molecule is CC(=O)c1cc(C#N)c(C=O)c(C(F)F)c1. The highest BCUT2D eigenvalue weighted by molar-refractivity contribution is 5.96. The summed E-state index contributed by atoms with van der Waals surface area (Å²) < 4.78 is 25.2. The number of nitrogens with zero attached hydrogens (tertiary/aromatic N) is 1. The lowest BCUT2D eigenvalue weighted by atomic mass is 9.97. The molecule has 16 heavy (non-hydrogen) atoms. The van der Waals surface area contributed by atoms with Crippen molar-refractivity contribution in [2.45, 2.75) is 13.3 Å². The molecule has 82 valence electrons. The van der Waals surface area contributed by atoms with E-state index in [1.165, 1.54) is 6.92 Å². The van der Waals surface area contributed by atoms with Crippen LogP contribution in [0.15, 0.2) is 12.1 Å². The maximum atomic E-state index is 12.6. The quantitative estimate of drug-likeness (QED) is 0.584. The van der Waals surface area contributed by atoms with E-state index in [0.29, 0.717) is 0 Å². The molecule has 3 nitrogen and oxygen atoms in total. The van der Waals surface area contributed by atoms with Gasteiger partial charge < -0.3 is 0 Å². The highest BCUT2D eigenvalue weighted by Gasteiger charge is 2.18. The third-order valence-corrected chi connectivity index (χ3v) is 2.09. The molecular weight excluding hydrogens is 216 g/mol. The summed E-state index contributed by atoms with van der Waals surface area (Å²) in [5.74, 6) is -0.434. The minimum Gasteiger partial charge on any atom is -0.298 e. The fourth-order valence-electron chi connectivity index (χ4n) is 1.28. The standard InChI is InChI=1S/C11H7F2NO2/c1-6(16)7-2-8(4-14)10(5-15)9(3-7)11(12)13/h2-3,5,11H,1H3. The number of rotatable bonds is 3. The van der Waals surface area contributed by atoms with Gasteiger partial charge in [0.05, 0.1) is 11.6 Å². The van der Waals surface area contributed by atoms with Gasteiger partial charge in [-0.15, -0.1) is 0 Å². The Labute approximate surface area is 90.3 Å². The predicted octanol–water partition coefficient (Wildman–Crippen LogP) is 2.51. The van der Waals surface area contributed by atoms with Crippen LogP contribution in [0.25, 0.3) is 0 Å². The van der Waals surface area contributed by atoms with Crippen molar-refractivity contribution >= 4 is 12.1 Å². The van der Waals surface area contributed by atoms with Crippen molar-refractivity contribution in [2.24, 2.45) is 0 Å². The molecule has 0 bridgehead atoms. The zero-order valence-electron chi connectivity index (χ0n) is 8.33. The van der Waals surface area contributed by atoms with E-state index in [9.17, 15) is 18.4 Å². The summed E-state index contributed by atoms with van der Waals surface area (Å²) in [5.41, 5.74) is -1.16. The van der Waals surface area contributed by atoms with E-state index < -0.39 is 17.8 Å². The normalized spacial score (nSPS) is 9.94. The van der Waals surface area contributed by atoms with Gasteiger partial charge in [0.25, 0.3) is 6.43 Å². The second-order valence-electron chi connectivity index (χ2n) is 3.11. The molecule has 0 spiro atoms. The van der Waals surface area contributed by atoms with Crippen molar-refractivity contribution in [2.75, 3.05) is 0 Å². The van der Waals surface area contributed by atoms with Gasteiger partial charge in [0.15, 0.2) is 12.1 Å². The molecular formula is C11H7F2NO2. The lowest BCUT2D eigenvalue weighted by Crippen LogP contribution is -2.02. The monoisotopic (exact) mass is 223 g/mol. The van der Waals surface area contributed by atoms with Crippen molar-refractivity contribution in [1.29, 1.82) is 5.26 Å². The van der Waals surface area contributed by atoms with Crippen molar-refractivity contribution in [3.63, 3.8) is 0 Å². The van der Waals surface area contributed by atoms with Gasteiger partial charge in [0.2, 0.25) is 0 Å². The molecule has 1 aromatic rings. The molecule has 0 atom stereocenters. The van der Waals surface area contributed by atoms with Crippen LogP contribution in [0.5, 0.6) is 0 Å². The topological polar surface area (TPSA) is 57.9 Å². The zero-order valence-corrected chi connectivity index (χ0v) is 8.33. The smallest absolute Gasteiger partial charge is 0.264 e. The molecule has 1 rings (SSSR count). The van der Waals surface area contributed by atoms with E-state index in [1.807, 2.05) is 0 Å². The van der Waals surface area contributed by atoms with E-state index in [4.69, 9.17) is 5.26 Å². The lowest BCUT2D eigenvalue weighted by molar-refractivity contribution is 0.101. The minimum atomic E-state index is -2.90. The van der Waals surface area contributed by atoms with Crippen LogP contribution in [0.4, 0.5) is 8.78 Å². The second-order valence-corrected chi connectivity index (χ2v) is 3.11. The zero-order chi connectivity index (χ0) is 12.3. The van der Waals surface area contributed by atoms with Crippen LogP contribution in [-0.4, -0.2) is 12.1 Å². The first-order chi connectivity index (χ1) is 7.51. The van der Waals surface area contributed by atoms with Gasteiger partial charge in [-0.05, 0) is 19.1 Å². The molecule has 0 radical (unpaired) electrons. The molecule has 0 aliphatic carbocycles. The average Bonchev–Trinajstić information content (AvgIpc) is 2.26. The summed E-state index contributed by atoms with van der Waals surface area (Å²) in [6, 6.07) is 3.70. The van der Waals surface area contributed by atoms with Gasteiger partial charge in [0.1, 0.15) is 0 Å². The number of nitriles is 1. The van der Waals surface area contributed by atoms with Gasteiger partial charge in [-0.3, -0.25) is 9.59 Å². The van der Waals surface area contributed by atoms with Crippen molar-refractivity contribution < 1.29 is 18.4 Å². The Morgan fingerprint density at radius 3 is 2.50 bits per heavy atom. The van der Waals surface area contributed by atoms with Gasteiger partial charge in [-0.1, -0.05) is 0 Å². The van der Waals surface area contributed by atoms with Crippen LogP contribution in [0.1, 0.15) is 45.2 Å². The van der Waals surface area contributed by atoms with Crippen molar-refractivity contribution in [3.05, 3.63) is 34.4 Å². The first kappa shape index (κ1) is 12.0. The van der Waals surface area contributed by atoms with Crippen LogP contribution in [0, 0.1) is 11.3 Å². The lowest BCUT2D eigenvalue weighted by Gasteiger charge is -2.07. The number of carbonyl (C=O) groups excluding carboxylic acids is 2. The number of hydrogen-bond donors (Lipinski definition) is 0. The largest absolute Gasteiger partial charge is 0.298 e. The molecule has 0 aromatic heterocycles. The number of alkyl halides is 2. The number of Topliss-reactive ketones (excluding diaryl/α,β-unsaturated/α-hetero) is 1. The molecule has 0 aliphatic heterocycles. The first-order valence-electron chi connectivity index (χ1n) is 4.33. The van der Waals surface area contributed by atoms with Gasteiger partial charge >= 0.3 is 0 Å². The number of benzene rings is 1. The Bertz CT molecular complexity index is 489. The highest BCUT2D eigenvalue weighted by Crippen LogP contribution is 2.26. The molecule has 0 saturated carbocycles. The van der Waals surface area contributed by atoms with Crippen LogP contribution in [0.3, 0.4) is 0 Å². The number of hydrogen-bond acceptors (Lipinski definition) is 3. The van der Waals surface area contributed by atoms with Crippen LogP contribution < -0.4 is 0 Å². The first-order valence-corrected chi connectivity index (χ1v) is 4.33. The van der Waals surface area contributed by atoms with Gasteiger partial charge in [-0.25, -0.2) is 8.78 Å². The molecule has 5 heteroatoms. The number of ketones is 1. The molecule has 0 fully saturated rings. The van der Waals surface area contributed by atoms with E-state index in [0.717, 1.165) is 12.1 Å². The van der Waals surface area contributed by atoms with Crippen LogP contribution in [-0.2, 0) is 0 Å². The summed E-state index contributed by atoms with van der Waals surface area (Å²) in [4.78, 5) is 21.7. The predicted molar refractivity (Wildman–Crippen MR) is 51.5 cm³/mol. The van der Waals surface area contributed by atoms with Crippen LogP contribution in [0.2, 0.25) is 0 Å². The fraction of sp³-hybridized carbons (Fsp3) is 0.182. The summed E-state index contributed by atoms with van der Waals surface area (Å²) in [5, 5.41) is 8.70. The van der Waals surface area contributed by atoms with E-state index >= 15 is 0 Å². The molecule has 1 aromatic carbocycles. The number of aldehydes is 1. The molecule has 0 aliphatic rings.